The highest BCUT2D eigenvalue weighted by Gasteiger charge is 2.37. The van der Waals surface area contributed by atoms with Gasteiger partial charge >= 0.3 is 5.97 Å². The summed E-state index contributed by atoms with van der Waals surface area (Å²) in [6.45, 7) is 2.65. The maximum Gasteiger partial charge on any atom is 0.325 e. The molecule has 1 aromatic rings. The lowest BCUT2D eigenvalue weighted by atomic mass is 10.1. The van der Waals surface area contributed by atoms with Gasteiger partial charge in [0.05, 0.1) is 26.2 Å². The number of methoxy groups -OCH3 is 2. The molecule has 8 heteroatoms. The normalized spacial score (nSPS) is 16.3. The van der Waals surface area contributed by atoms with Crippen molar-refractivity contribution in [3.05, 3.63) is 24.3 Å². The van der Waals surface area contributed by atoms with Crippen molar-refractivity contribution in [1.82, 2.24) is 4.90 Å². The van der Waals surface area contributed by atoms with Crippen LogP contribution in [0, 0.1) is 5.92 Å². The molecule has 0 bridgehead atoms. The second-order valence-electron chi connectivity index (χ2n) is 6.16. The zero-order chi connectivity index (χ0) is 19.8. The third kappa shape index (κ3) is 5.43. The van der Waals surface area contributed by atoms with Gasteiger partial charge in [-0.2, -0.15) is 0 Å². The van der Waals surface area contributed by atoms with E-state index in [4.69, 9.17) is 14.2 Å². The molecule has 148 valence electrons. The number of esters is 1. The fraction of sp³-hybridized carbons (Fsp3) is 0.526. The van der Waals surface area contributed by atoms with E-state index in [1.54, 1.807) is 43.2 Å². The summed E-state index contributed by atoms with van der Waals surface area (Å²) in [5, 5.41) is 0. The summed E-state index contributed by atoms with van der Waals surface area (Å²) in [7, 11) is 3.10. The lowest BCUT2D eigenvalue weighted by Crippen LogP contribution is -2.42. The van der Waals surface area contributed by atoms with Crippen molar-refractivity contribution in [3.63, 3.8) is 0 Å². The fourth-order valence-electron chi connectivity index (χ4n) is 2.97. The number of hydrogen-bond acceptors (Lipinski definition) is 6. The van der Waals surface area contributed by atoms with Crippen LogP contribution in [0.15, 0.2) is 24.3 Å². The molecule has 8 nitrogen and oxygen atoms in total. The Bertz CT molecular complexity index is 661. The minimum atomic E-state index is -0.508. The standard InChI is InChI=1S/C19H26N2O6/c1-4-27-18(23)13-20(9-10-25-2)19(24)14-11-17(22)21(12-14)15-5-7-16(26-3)8-6-15/h5-8,14H,4,9-13H2,1-3H3. The maximum atomic E-state index is 12.9. The number of ether oxygens (including phenoxy) is 3. The Morgan fingerprint density at radius 3 is 2.52 bits per heavy atom. The summed E-state index contributed by atoms with van der Waals surface area (Å²) in [5.41, 5.74) is 0.713. The summed E-state index contributed by atoms with van der Waals surface area (Å²) in [6, 6.07) is 7.10. The minimum absolute atomic E-state index is 0.108. The van der Waals surface area contributed by atoms with Crippen molar-refractivity contribution in [1.29, 1.82) is 0 Å². The molecule has 1 fully saturated rings. The number of anilines is 1. The number of amides is 2. The fourth-order valence-corrected chi connectivity index (χ4v) is 2.97. The first kappa shape index (κ1) is 20.7. The average molecular weight is 378 g/mol. The van der Waals surface area contributed by atoms with Crippen LogP contribution in [-0.2, 0) is 23.9 Å². The van der Waals surface area contributed by atoms with Gasteiger partial charge in [0.25, 0.3) is 0 Å². The molecule has 1 aliphatic heterocycles. The Morgan fingerprint density at radius 1 is 1.22 bits per heavy atom. The molecule has 1 aliphatic rings. The Labute approximate surface area is 159 Å². The smallest absolute Gasteiger partial charge is 0.325 e. The van der Waals surface area contributed by atoms with E-state index in [1.165, 1.54) is 12.0 Å². The topological polar surface area (TPSA) is 85.4 Å². The van der Waals surface area contributed by atoms with E-state index in [0.29, 0.717) is 18.0 Å². The van der Waals surface area contributed by atoms with E-state index in [0.717, 1.165) is 0 Å². The number of hydrogen-bond donors (Lipinski definition) is 0. The third-order valence-corrected chi connectivity index (χ3v) is 4.36. The predicted molar refractivity (Wildman–Crippen MR) is 98.5 cm³/mol. The lowest BCUT2D eigenvalue weighted by molar-refractivity contribution is -0.150. The van der Waals surface area contributed by atoms with E-state index in [1.807, 2.05) is 0 Å². The molecule has 1 aromatic carbocycles. The highest BCUT2D eigenvalue weighted by atomic mass is 16.5. The Hall–Kier alpha value is -2.61. The van der Waals surface area contributed by atoms with Crippen molar-refractivity contribution in [2.45, 2.75) is 13.3 Å². The zero-order valence-corrected chi connectivity index (χ0v) is 16.0. The largest absolute Gasteiger partial charge is 0.497 e. The minimum Gasteiger partial charge on any atom is -0.497 e. The molecule has 1 saturated heterocycles. The number of rotatable bonds is 9. The van der Waals surface area contributed by atoms with E-state index in [2.05, 4.69) is 0 Å². The van der Waals surface area contributed by atoms with E-state index in [9.17, 15) is 14.4 Å². The van der Waals surface area contributed by atoms with Gasteiger partial charge in [0.2, 0.25) is 11.8 Å². The van der Waals surface area contributed by atoms with E-state index >= 15 is 0 Å². The second-order valence-corrected chi connectivity index (χ2v) is 6.16. The second kappa shape index (κ2) is 9.91. The maximum absolute atomic E-state index is 12.9. The molecule has 1 heterocycles. The van der Waals surface area contributed by atoms with Crippen molar-refractivity contribution in [3.8, 4) is 5.75 Å². The van der Waals surface area contributed by atoms with Crippen LogP contribution in [0.3, 0.4) is 0 Å². The van der Waals surface area contributed by atoms with Crippen LogP contribution in [0.1, 0.15) is 13.3 Å². The van der Waals surface area contributed by atoms with Gasteiger partial charge in [0.15, 0.2) is 0 Å². The third-order valence-electron chi connectivity index (χ3n) is 4.36. The molecule has 0 saturated carbocycles. The summed E-state index contributed by atoms with van der Waals surface area (Å²) in [6.07, 6.45) is 0.108. The van der Waals surface area contributed by atoms with Crippen LogP contribution >= 0.6 is 0 Å². The van der Waals surface area contributed by atoms with Crippen molar-refractivity contribution >= 4 is 23.5 Å². The van der Waals surface area contributed by atoms with E-state index < -0.39 is 11.9 Å². The Balaban J connectivity index is 2.06. The van der Waals surface area contributed by atoms with Crippen LogP contribution in [-0.4, -0.2) is 69.8 Å². The molecule has 0 spiro atoms. The first-order chi connectivity index (χ1) is 13.0. The quantitative estimate of drug-likeness (QED) is 0.598. The van der Waals surface area contributed by atoms with E-state index in [-0.39, 0.29) is 44.5 Å². The molecular weight excluding hydrogens is 352 g/mol. The molecular formula is C19H26N2O6. The van der Waals surface area contributed by atoms with Gasteiger partial charge in [-0.15, -0.1) is 0 Å². The van der Waals surface area contributed by atoms with Crippen LogP contribution in [0.4, 0.5) is 5.69 Å². The molecule has 0 aliphatic carbocycles. The molecule has 2 rings (SSSR count). The zero-order valence-electron chi connectivity index (χ0n) is 16.0. The average Bonchev–Trinajstić information content (AvgIpc) is 3.06. The first-order valence-electron chi connectivity index (χ1n) is 8.87. The van der Waals surface area contributed by atoms with Gasteiger partial charge in [-0.05, 0) is 31.2 Å². The van der Waals surface area contributed by atoms with Crippen LogP contribution in [0.5, 0.6) is 5.75 Å². The predicted octanol–water partition coefficient (Wildman–Crippen LogP) is 1.09. The highest BCUT2D eigenvalue weighted by Crippen LogP contribution is 2.27. The molecule has 2 amide bonds. The number of carbonyl (C=O) groups is 3. The first-order valence-corrected chi connectivity index (χ1v) is 8.87. The molecule has 1 unspecified atom stereocenters. The van der Waals surface area contributed by atoms with Gasteiger partial charge in [-0.25, -0.2) is 0 Å². The summed E-state index contributed by atoms with van der Waals surface area (Å²) >= 11 is 0. The summed E-state index contributed by atoms with van der Waals surface area (Å²) in [5.74, 6) is -0.659. The van der Waals surface area contributed by atoms with Crippen molar-refractivity contribution in [2.24, 2.45) is 5.92 Å². The number of nitrogens with zero attached hydrogens (tertiary/aromatic N) is 2. The SMILES string of the molecule is CCOC(=O)CN(CCOC)C(=O)C1CC(=O)N(c2ccc(OC)cc2)C1. The molecule has 0 radical (unpaired) electrons. The van der Waals surface area contributed by atoms with Crippen LogP contribution < -0.4 is 9.64 Å². The van der Waals surface area contributed by atoms with Crippen LogP contribution in [0.2, 0.25) is 0 Å². The van der Waals surface area contributed by atoms with Gasteiger partial charge in [-0.3, -0.25) is 14.4 Å². The number of benzene rings is 1. The van der Waals surface area contributed by atoms with Gasteiger partial charge in [0, 0.05) is 32.3 Å². The molecule has 1 atom stereocenters. The molecule has 0 aromatic heterocycles. The monoisotopic (exact) mass is 378 g/mol. The Kier molecular flexibility index (Phi) is 7.60. The summed E-state index contributed by atoms with van der Waals surface area (Å²) < 4.78 is 15.1. The van der Waals surface area contributed by atoms with Gasteiger partial charge in [-0.1, -0.05) is 0 Å². The number of carbonyl (C=O) groups excluding carboxylic acids is 3. The van der Waals surface area contributed by atoms with Crippen molar-refractivity contribution in [2.75, 3.05) is 52.0 Å². The van der Waals surface area contributed by atoms with Gasteiger partial charge in [0.1, 0.15) is 12.3 Å². The summed E-state index contributed by atoms with van der Waals surface area (Å²) in [4.78, 5) is 40.1. The highest BCUT2D eigenvalue weighted by molar-refractivity contribution is 6.00. The molecule has 27 heavy (non-hydrogen) atoms. The molecule has 0 N–H and O–H groups in total. The van der Waals surface area contributed by atoms with Gasteiger partial charge < -0.3 is 24.0 Å². The van der Waals surface area contributed by atoms with Crippen molar-refractivity contribution < 1.29 is 28.6 Å². The van der Waals surface area contributed by atoms with Crippen LogP contribution in [0.25, 0.3) is 0 Å². The lowest BCUT2D eigenvalue weighted by Gasteiger charge is -2.24. The Morgan fingerprint density at radius 2 is 1.93 bits per heavy atom.